The lowest BCUT2D eigenvalue weighted by Crippen LogP contribution is -2.35. The Balaban J connectivity index is 1.68. The molecule has 6 heteroatoms. The van der Waals surface area contributed by atoms with E-state index < -0.39 is 0 Å². The number of aryl methyl sites for hydroxylation is 2. The second-order valence-electron chi connectivity index (χ2n) is 6.70. The molecule has 28 heavy (non-hydrogen) atoms. The number of nitrogens with zero attached hydrogens (tertiary/aromatic N) is 1. The number of amides is 1. The van der Waals surface area contributed by atoms with E-state index in [0.717, 1.165) is 22.4 Å². The number of benzene rings is 2. The van der Waals surface area contributed by atoms with E-state index in [9.17, 15) is 4.79 Å². The van der Waals surface area contributed by atoms with Crippen LogP contribution < -0.4 is 15.4 Å². The van der Waals surface area contributed by atoms with Crippen molar-refractivity contribution in [2.75, 3.05) is 13.7 Å². The molecule has 0 spiro atoms. The van der Waals surface area contributed by atoms with Crippen molar-refractivity contribution in [3.05, 3.63) is 82.7 Å². The van der Waals surface area contributed by atoms with Crippen molar-refractivity contribution in [3.63, 3.8) is 0 Å². The summed E-state index contributed by atoms with van der Waals surface area (Å²) in [7, 11) is 1.68. The number of ether oxygens (including phenoxy) is 1. The average molecular weight is 379 g/mol. The van der Waals surface area contributed by atoms with Gasteiger partial charge in [-0.1, -0.05) is 41.6 Å². The Morgan fingerprint density at radius 3 is 2.61 bits per heavy atom. The summed E-state index contributed by atoms with van der Waals surface area (Å²) in [5.74, 6) is 0.629. The predicted molar refractivity (Wildman–Crippen MR) is 107 cm³/mol. The van der Waals surface area contributed by atoms with Crippen LogP contribution in [-0.2, 0) is 6.54 Å². The number of aromatic nitrogens is 1. The van der Waals surface area contributed by atoms with E-state index in [1.54, 1.807) is 13.2 Å². The minimum Gasteiger partial charge on any atom is -0.496 e. The van der Waals surface area contributed by atoms with Crippen molar-refractivity contribution in [2.45, 2.75) is 26.4 Å². The molecule has 0 saturated heterocycles. The summed E-state index contributed by atoms with van der Waals surface area (Å²) in [4.78, 5) is 12.4. The van der Waals surface area contributed by atoms with Gasteiger partial charge >= 0.3 is 0 Å². The minimum absolute atomic E-state index is 0.190. The Hall–Kier alpha value is -3.12. The summed E-state index contributed by atoms with van der Waals surface area (Å²) in [6.45, 7) is 5.38. The summed E-state index contributed by atoms with van der Waals surface area (Å²) < 4.78 is 10.1. The van der Waals surface area contributed by atoms with Crippen molar-refractivity contribution < 1.29 is 14.1 Å². The molecular formula is C22H25N3O3. The second kappa shape index (κ2) is 9.19. The zero-order chi connectivity index (χ0) is 19.9. The van der Waals surface area contributed by atoms with Crippen LogP contribution in [0.1, 0.15) is 38.8 Å². The van der Waals surface area contributed by atoms with Crippen molar-refractivity contribution in [2.24, 2.45) is 0 Å². The van der Waals surface area contributed by atoms with Crippen molar-refractivity contribution in [1.29, 1.82) is 0 Å². The number of hydrogen-bond acceptors (Lipinski definition) is 5. The van der Waals surface area contributed by atoms with Crippen molar-refractivity contribution in [3.8, 4) is 5.75 Å². The number of carbonyl (C=O) groups is 1. The first-order valence-corrected chi connectivity index (χ1v) is 9.19. The Bertz CT molecular complexity index is 908. The molecule has 0 aliphatic carbocycles. The Morgan fingerprint density at radius 2 is 1.93 bits per heavy atom. The highest BCUT2D eigenvalue weighted by Crippen LogP contribution is 2.22. The fourth-order valence-electron chi connectivity index (χ4n) is 3.11. The SMILES string of the molecule is COc1cc(C)c(CNCC(NC(=O)c2ccon2)c2ccccc2)cc1C. The molecule has 0 bridgehead atoms. The molecule has 1 unspecified atom stereocenters. The molecule has 146 valence electrons. The summed E-state index contributed by atoms with van der Waals surface area (Å²) in [6, 6.07) is 15.4. The molecule has 1 atom stereocenters. The number of carbonyl (C=O) groups excluding carboxylic acids is 1. The predicted octanol–water partition coefficient (Wildman–Crippen LogP) is 3.56. The van der Waals surface area contributed by atoms with Crippen LogP contribution >= 0.6 is 0 Å². The van der Waals surface area contributed by atoms with Gasteiger partial charge in [-0.3, -0.25) is 4.79 Å². The van der Waals surface area contributed by atoms with E-state index in [1.165, 1.54) is 11.8 Å². The number of nitrogens with one attached hydrogen (secondary N) is 2. The van der Waals surface area contributed by atoms with Gasteiger partial charge < -0.3 is 19.9 Å². The van der Waals surface area contributed by atoms with Crippen LogP contribution in [-0.4, -0.2) is 24.7 Å². The van der Waals surface area contributed by atoms with E-state index in [4.69, 9.17) is 9.26 Å². The maximum atomic E-state index is 12.4. The average Bonchev–Trinajstić information content (AvgIpc) is 3.25. The molecule has 2 N–H and O–H groups in total. The van der Waals surface area contributed by atoms with Crippen molar-refractivity contribution >= 4 is 5.91 Å². The molecule has 0 fully saturated rings. The lowest BCUT2D eigenvalue weighted by molar-refractivity contribution is 0.0927. The monoisotopic (exact) mass is 379 g/mol. The summed E-state index contributed by atoms with van der Waals surface area (Å²) >= 11 is 0. The van der Waals surface area contributed by atoms with Gasteiger partial charge in [-0.05, 0) is 42.2 Å². The Labute approximate surface area is 164 Å². The molecule has 6 nitrogen and oxygen atoms in total. The second-order valence-corrected chi connectivity index (χ2v) is 6.70. The van der Waals surface area contributed by atoms with Gasteiger partial charge in [0.1, 0.15) is 12.0 Å². The van der Waals surface area contributed by atoms with E-state index in [-0.39, 0.29) is 17.6 Å². The van der Waals surface area contributed by atoms with Crippen molar-refractivity contribution in [1.82, 2.24) is 15.8 Å². The highest BCUT2D eigenvalue weighted by molar-refractivity contribution is 5.92. The zero-order valence-electron chi connectivity index (χ0n) is 16.4. The first-order chi connectivity index (χ1) is 13.6. The van der Waals surface area contributed by atoms with E-state index in [1.807, 2.05) is 43.3 Å². The normalized spacial score (nSPS) is 11.8. The smallest absolute Gasteiger partial charge is 0.273 e. The summed E-state index contributed by atoms with van der Waals surface area (Å²) in [5.41, 5.74) is 4.76. The topological polar surface area (TPSA) is 76.4 Å². The standard InChI is InChI=1S/C22H25N3O3/c1-15-12-21(27-3)16(2)11-18(15)13-23-14-20(17-7-5-4-6-8-17)24-22(26)19-9-10-28-25-19/h4-12,20,23H,13-14H2,1-3H3,(H,24,26). The molecule has 3 rings (SSSR count). The molecule has 0 aliphatic rings. The molecule has 0 radical (unpaired) electrons. The lowest BCUT2D eigenvalue weighted by Gasteiger charge is -2.20. The third-order valence-corrected chi connectivity index (χ3v) is 4.70. The van der Waals surface area contributed by atoms with Crippen LogP contribution in [0.3, 0.4) is 0 Å². The third kappa shape index (κ3) is 4.78. The summed E-state index contributed by atoms with van der Waals surface area (Å²) in [5, 5.41) is 10.2. The Kier molecular flexibility index (Phi) is 6.45. The van der Waals surface area contributed by atoms with Crippen LogP contribution in [0.25, 0.3) is 0 Å². The van der Waals surface area contributed by atoms with Crippen LogP contribution in [0.5, 0.6) is 5.75 Å². The van der Waals surface area contributed by atoms with Gasteiger partial charge in [0, 0.05) is 19.2 Å². The van der Waals surface area contributed by atoms with Gasteiger partial charge in [0.05, 0.1) is 13.2 Å². The number of hydrogen-bond donors (Lipinski definition) is 2. The van der Waals surface area contributed by atoms with Gasteiger partial charge in [0.15, 0.2) is 5.69 Å². The van der Waals surface area contributed by atoms with Crippen LogP contribution in [0.15, 0.2) is 59.3 Å². The minimum atomic E-state index is -0.263. The first kappa shape index (κ1) is 19.6. The maximum absolute atomic E-state index is 12.4. The van der Waals surface area contributed by atoms with Crippen LogP contribution in [0.2, 0.25) is 0 Å². The summed E-state index contributed by atoms with van der Waals surface area (Å²) in [6.07, 6.45) is 1.39. The molecule has 1 heterocycles. The molecule has 0 saturated carbocycles. The van der Waals surface area contributed by atoms with Gasteiger partial charge in [0.25, 0.3) is 5.91 Å². The van der Waals surface area contributed by atoms with Gasteiger partial charge in [-0.2, -0.15) is 0 Å². The number of methoxy groups -OCH3 is 1. The molecule has 1 amide bonds. The quantitative estimate of drug-likeness (QED) is 0.626. The molecule has 0 aliphatic heterocycles. The van der Waals surface area contributed by atoms with E-state index in [0.29, 0.717) is 13.1 Å². The third-order valence-electron chi connectivity index (χ3n) is 4.70. The molecule has 1 aromatic heterocycles. The molecular weight excluding hydrogens is 354 g/mol. The maximum Gasteiger partial charge on any atom is 0.273 e. The van der Waals surface area contributed by atoms with Crippen LogP contribution in [0, 0.1) is 13.8 Å². The molecule has 2 aromatic carbocycles. The van der Waals surface area contributed by atoms with Gasteiger partial charge in [-0.15, -0.1) is 0 Å². The van der Waals surface area contributed by atoms with Crippen LogP contribution in [0.4, 0.5) is 0 Å². The van der Waals surface area contributed by atoms with Gasteiger partial charge in [-0.25, -0.2) is 0 Å². The van der Waals surface area contributed by atoms with E-state index >= 15 is 0 Å². The van der Waals surface area contributed by atoms with E-state index in [2.05, 4.69) is 28.8 Å². The highest BCUT2D eigenvalue weighted by atomic mass is 16.5. The van der Waals surface area contributed by atoms with Gasteiger partial charge in [0.2, 0.25) is 0 Å². The highest BCUT2D eigenvalue weighted by Gasteiger charge is 2.17. The lowest BCUT2D eigenvalue weighted by atomic mass is 10.0. The fraction of sp³-hybridized carbons (Fsp3) is 0.273. The molecule has 3 aromatic rings. The zero-order valence-corrected chi connectivity index (χ0v) is 16.4. The number of rotatable bonds is 8. The fourth-order valence-corrected chi connectivity index (χ4v) is 3.11. The first-order valence-electron chi connectivity index (χ1n) is 9.19. The Morgan fingerprint density at radius 1 is 1.14 bits per heavy atom. The largest absolute Gasteiger partial charge is 0.496 e.